The second-order valence-electron chi connectivity index (χ2n) is 14.5. The lowest BCUT2D eigenvalue weighted by Crippen LogP contribution is -2.53. The number of hydrogen-bond donors (Lipinski definition) is 0. The topological polar surface area (TPSA) is 98.0 Å². The number of amides is 2. The van der Waals surface area contributed by atoms with Gasteiger partial charge >= 0.3 is 5.97 Å². The fraction of sp³-hybridized carbons (Fsp3) is 0.178. The average molecular weight is 797 g/mol. The highest BCUT2D eigenvalue weighted by molar-refractivity contribution is 7.07. The number of anilines is 1. The number of thiazole rings is 1. The van der Waals surface area contributed by atoms with Crippen LogP contribution in [-0.2, 0) is 24.5 Å². The molecule has 56 heavy (non-hydrogen) atoms. The summed E-state index contributed by atoms with van der Waals surface area (Å²) in [5.74, 6) is -3.40. The number of allylic oxidation sites excluding steroid dienone is 1. The van der Waals surface area contributed by atoms with Gasteiger partial charge in [0.2, 0.25) is 11.8 Å². The Bertz CT molecular complexity index is 2910. The first-order valence-corrected chi connectivity index (χ1v) is 19.9. The van der Waals surface area contributed by atoms with E-state index < -0.39 is 41.1 Å². The molecule has 0 N–H and O–H groups in total. The molecule has 3 atom stereocenters. The Hall–Kier alpha value is -5.61. The molecule has 11 heteroatoms. The van der Waals surface area contributed by atoms with Crippen molar-refractivity contribution in [2.75, 3.05) is 11.5 Å². The van der Waals surface area contributed by atoms with Crippen LogP contribution in [0.3, 0.4) is 0 Å². The molecule has 1 saturated heterocycles. The van der Waals surface area contributed by atoms with E-state index >= 15 is 9.59 Å². The second kappa shape index (κ2) is 12.7. The second-order valence-corrected chi connectivity index (χ2v) is 16.4. The Morgan fingerprint density at radius 2 is 1.52 bits per heavy atom. The van der Waals surface area contributed by atoms with E-state index in [0.717, 1.165) is 38.6 Å². The van der Waals surface area contributed by atoms with Gasteiger partial charge in [-0.3, -0.25) is 19.0 Å². The first-order valence-electron chi connectivity index (χ1n) is 18.4. The van der Waals surface area contributed by atoms with Crippen LogP contribution in [0.5, 0.6) is 0 Å². The van der Waals surface area contributed by atoms with Crippen LogP contribution in [0.15, 0.2) is 130 Å². The number of imide groups is 1. The molecule has 11 rings (SSSR count). The van der Waals surface area contributed by atoms with Crippen molar-refractivity contribution in [1.82, 2.24) is 4.57 Å². The lowest BCUT2D eigenvalue weighted by Gasteiger charge is -2.53. The Morgan fingerprint density at radius 1 is 0.857 bits per heavy atom. The predicted octanol–water partition coefficient (Wildman–Crippen LogP) is 7.46. The monoisotopic (exact) mass is 795 g/mol. The Morgan fingerprint density at radius 3 is 2.23 bits per heavy atom. The summed E-state index contributed by atoms with van der Waals surface area (Å²) < 4.78 is 7.49. The van der Waals surface area contributed by atoms with Gasteiger partial charge in [0.25, 0.3) is 5.56 Å². The first-order chi connectivity index (χ1) is 27.1. The molecule has 2 aliphatic heterocycles. The number of carbonyl (C=O) groups is 3. The van der Waals surface area contributed by atoms with Crippen LogP contribution in [0.4, 0.5) is 5.69 Å². The van der Waals surface area contributed by atoms with Gasteiger partial charge in [-0.2, -0.15) is 0 Å². The maximum atomic E-state index is 15.3. The van der Waals surface area contributed by atoms with Crippen molar-refractivity contribution in [1.29, 1.82) is 0 Å². The fourth-order valence-electron chi connectivity index (χ4n) is 9.76. The fourth-order valence-corrected chi connectivity index (χ4v) is 11.3. The van der Waals surface area contributed by atoms with Crippen LogP contribution in [0.2, 0.25) is 10.0 Å². The molecule has 6 aromatic rings. The maximum absolute atomic E-state index is 15.3. The molecule has 2 amide bonds. The zero-order chi connectivity index (χ0) is 38.6. The number of aromatic nitrogens is 1. The minimum atomic E-state index is -1.23. The summed E-state index contributed by atoms with van der Waals surface area (Å²) in [6, 6.07) is 33.4. The van der Waals surface area contributed by atoms with E-state index in [1.165, 1.54) is 22.3 Å². The molecule has 0 radical (unpaired) electrons. The maximum Gasteiger partial charge on any atom is 0.338 e. The lowest BCUT2D eigenvalue weighted by molar-refractivity contribution is -0.139. The number of halogens is 2. The summed E-state index contributed by atoms with van der Waals surface area (Å²) in [4.78, 5) is 65.4. The molecule has 5 aromatic carbocycles. The van der Waals surface area contributed by atoms with Crippen molar-refractivity contribution in [2.45, 2.75) is 31.2 Å². The molecule has 1 aromatic heterocycles. The molecule has 0 unspecified atom stereocenters. The number of fused-ring (bicyclic) bond motifs is 2. The Balaban J connectivity index is 1.26. The predicted molar refractivity (Wildman–Crippen MR) is 217 cm³/mol. The molecular formula is C45H31Cl2N3O5S. The molecule has 3 heterocycles. The SMILES string of the molecule is CCOC(=O)C1=C(C)N=c2s/c(=C/C34c5ccccc5C(c5ccccc53)[C@@H]3C(=O)N(c5ccc(Cl)cc5Cl)C(=O)[C@@H]34)c(=O)n2[C@@H]1c1cccc2ccccc12. The van der Waals surface area contributed by atoms with Crippen molar-refractivity contribution in [2.24, 2.45) is 16.8 Å². The van der Waals surface area contributed by atoms with Gasteiger partial charge in [-0.1, -0.05) is 126 Å². The Kier molecular flexibility index (Phi) is 7.91. The minimum absolute atomic E-state index is 0.151. The van der Waals surface area contributed by atoms with Gasteiger partial charge in [0.05, 0.1) is 56.4 Å². The van der Waals surface area contributed by atoms with Crippen LogP contribution in [0.1, 0.15) is 53.6 Å². The molecule has 2 bridgehead atoms. The molecule has 8 nitrogen and oxygen atoms in total. The highest BCUT2D eigenvalue weighted by atomic mass is 35.5. The molecule has 5 aliphatic rings. The number of rotatable bonds is 5. The molecule has 276 valence electrons. The standard InChI is InChI=1S/C45H31Cl2N3O5S/c1-3-55-43(54)35-23(2)48-44-50(39(35)27-16-10-12-24-11-4-5-13-26(24)27)40(51)34(56-44)22-45-30-17-8-6-14-28(30)36(29-15-7-9-18-31(29)45)37-38(45)42(53)49(41(37)52)33-20-19-25(46)21-32(33)47/h4-22,36-39H,3H2,1-2H3/b34-22+/t36?,37-,38+,39+,45?/m0/s1. The van der Waals surface area contributed by atoms with Crippen LogP contribution in [-0.4, -0.2) is 29.0 Å². The average Bonchev–Trinajstić information content (AvgIpc) is 3.65. The zero-order valence-electron chi connectivity index (χ0n) is 30.0. The van der Waals surface area contributed by atoms with E-state index in [-0.39, 0.29) is 34.4 Å². The van der Waals surface area contributed by atoms with Crippen molar-refractivity contribution in [3.63, 3.8) is 0 Å². The van der Waals surface area contributed by atoms with Gasteiger partial charge in [0.1, 0.15) is 0 Å². The van der Waals surface area contributed by atoms with Crippen LogP contribution in [0, 0.1) is 11.8 Å². The summed E-state index contributed by atoms with van der Waals surface area (Å²) >= 11 is 14.1. The quantitative estimate of drug-likeness (QED) is 0.133. The van der Waals surface area contributed by atoms with E-state index in [4.69, 9.17) is 32.9 Å². The smallest absolute Gasteiger partial charge is 0.338 e. The molecule has 0 spiro atoms. The number of esters is 1. The van der Waals surface area contributed by atoms with Gasteiger partial charge in [-0.05, 0) is 76.7 Å². The van der Waals surface area contributed by atoms with Crippen molar-refractivity contribution >= 4 is 74.9 Å². The summed E-state index contributed by atoms with van der Waals surface area (Å²) in [7, 11) is 0. The van der Waals surface area contributed by atoms with Crippen molar-refractivity contribution < 1.29 is 19.1 Å². The minimum Gasteiger partial charge on any atom is -0.463 e. The van der Waals surface area contributed by atoms with E-state index in [0.29, 0.717) is 20.1 Å². The number of hydrogen-bond acceptors (Lipinski definition) is 7. The summed E-state index contributed by atoms with van der Waals surface area (Å²) in [5, 5.41) is 2.41. The first kappa shape index (κ1) is 34.8. The third-order valence-corrected chi connectivity index (χ3v) is 13.3. The normalized spacial score (nSPS) is 23.5. The van der Waals surface area contributed by atoms with Crippen molar-refractivity contribution in [3.05, 3.63) is 178 Å². The third kappa shape index (κ3) is 4.68. The van der Waals surface area contributed by atoms with Crippen LogP contribution >= 0.6 is 34.5 Å². The molecule has 0 saturated carbocycles. The van der Waals surface area contributed by atoms with Crippen LogP contribution < -0.4 is 19.8 Å². The van der Waals surface area contributed by atoms with Gasteiger partial charge in [-0.15, -0.1) is 0 Å². The zero-order valence-corrected chi connectivity index (χ0v) is 32.4. The highest BCUT2D eigenvalue weighted by Gasteiger charge is 2.67. The Labute approximate surface area is 334 Å². The summed E-state index contributed by atoms with van der Waals surface area (Å²) in [5.41, 5.74) is 3.71. The lowest BCUT2D eigenvalue weighted by atomic mass is 9.47. The largest absolute Gasteiger partial charge is 0.463 e. The van der Waals surface area contributed by atoms with Gasteiger partial charge in [-0.25, -0.2) is 14.7 Å². The van der Waals surface area contributed by atoms with E-state index in [1.807, 2.05) is 97.1 Å². The van der Waals surface area contributed by atoms with Gasteiger partial charge < -0.3 is 4.74 Å². The molecule has 3 aliphatic carbocycles. The number of carbonyl (C=O) groups excluding carboxylic acids is 3. The molecular weight excluding hydrogens is 765 g/mol. The number of benzene rings is 5. The van der Waals surface area contributed by atoms with E-state index in [9.17, 15) is 9.59 Å². The number of nitrogens with zero attached hydrogens (tertiary/aromatic N) is 3. The van der Waals surface area contributed by atoms with Crippen LogP contribution in [0.25, 0.3) is 16.8 Å². The van der Waals surface area contributed by atoms with E-state index in [1.54, 1.807) is 30.5 Å². The summed E-state index contributed by atoms with van der Waals surface area (Å²) in [6.45, 7) is 3.66. The molecule has 1 fully saturated rings. The highest BCUT2D eigenvalue weighted by Crippen LogP contribution is 2.65. The van der Waals surface area contributed by atoms with Gasteiger partial charge in [0, 0.05) is 10.9 Å². The number of ether oxygens (including phenoxy) is 1. The van der Waals surface area contributed by atoms with Gasteiger partial charge in [0.15, 0.2) is 4.80 Å². The third-order valence-electron chi connectivity index (χ3n) is 11.8. The van der Waals surface area contributed by atoms with Crippen molar-refractivity contribution in [3.8, 4) is 0 Å². The van der Waals surface area contributed by atoms with E-state index in [2.05, 4.69) is 0 Å². The summed E-state index contributed by atoms with van der Waals surface area (Å²) in [6.07, 6.45) is 1.89.